The summed E-state index contributed by atoms with van der Waals surface area (Å²) in [5.41, 5.74) is 2.60. The topological polar surface area (TPSA) is 13.1 Å². The van der Waals surface area contributed by atoms with Crippen LogP contribution in [0.4, 0.5) is 0 Å². The first kappa shape index (κ1) is 41.9. The molecule has 0 amide bonds. The molecule has 0 aliphatic rings. The van der Waals surface area contributed by atoms with Crippen molar-refractivity contribution in [3.8, 4) is 33.4 Å². The monoisotopic (exact) mass is 696 g/mol. The van der Waals surface area contributed by atoms with E-state index in [2.05, 4.69) is 0 Å². The molecule has 1 heterocycles. The lowest BCUT2D eigenvalue weighted by atomic mass is 9.56. The van der Waals surface area contributed by atoms with Crippen molar-refractivity contribution >= 4 is 310 Å². The summed E-state index contributed by atoms with van der Waals surface area (Å²) in [6.45, 7) is 0. The lowest BCUT2D eigenvalue weighted by molar-refractivity contribution is 0.675. The molecule has 21 heteroatoms. The summed E-state index contributed by atoms with van der Waals surface area (Å²) in [6, 6.07) is 6.96. The largest absolute Gasteiger partial charge is 0.457 e. The second-order valence-corrected chi connectivity index (χ2v) is 14.4. The molecule has 0 atom stereocenters. The van der Waals surface area contributed by atoms with Crippen LogP contribution in [0.5, 0.6) is 0 Å². The van der Waals surface area contributed by atoms with E-state index < -0.39 is 0 Å². The molecule has 0 saturated heterocycles. The fraction of sp³-hybridized carbons (Fsp3) is 0. The highest BCUT2D eigenvalue weighted by Gasteiger charge is 2.27. The van der Waals surface area contributed by atoms with E-state index in [1.54, 1.807) is 24.3 Å². The van der Waals surface area contributed by atoms with Crippen LogP contribution in [0.1, 0.15) is 0 Å². The van der Waals surface area contributed by atoms with Crippen molar-refractivity contribution in [3.05, 3.63) is 24.3 Å². The maximum Gasteiger partial charge on any atom is 0.127 e. The Morgan fingerprint density at radius 1 is 0.203 bits per heavy atom. The molecule has 0 unspecified atom stereocenters. The van der Waals surface area contributed by atoms with E-state index in [0.29, 0.717) is 33.0 Å². The van der Waals surface area contributed by atoms with Gasteiger partial charge in [-0.05, 0) is 54.9 Å². The molecular weight excluding hydrogens is 689 g/mol. The van der Waals surface area contributed by atoms with Gasteiger partial charge in [0.25, 0.3) is 0 Å². The van der Waals surface area contributed by atoms with Gasteiger partial charge in [-0.2, -0.15) is 0 Å². The maximum atomic E-state index is 6.88. The molecule has 0 saturated carbocycles. The SMILES string of the molecule is [B]c1c([B])c([B])c(-c2c3c([B])c([B])c([B])c([B])c3c(-c3ccc(-c4c([B])c([B])c5oc6c([B])c([B])c([B])c([B])c6c5c4[B])cc3)c3c([B])c([B])c([B])c([B])c23)c([B])c1[B]. The molecule has 8 rings (SSSR count). The number of hydrogen-bond donors (Lipinski definition) is 0. The van der Waals surface area contributed by atoms with Crippen LogP contribution in [-0.2, 0) is 0 Å². The van der Waals surface area contributed by atoms with Gasteiger partial charge < -0.3 is 4.42 Å². The maximum absolute atomic E-state index is 6.88. The Kier molecular flexibility index (Phi) is 10.2. The van der Waals surface area contributed by atoms with Crippen LogP contribution in [0, 0.1) is 0 Å². The highest BCUT2D eigenvalue weighted by Crippen LogP contribution is 2.40. The Balaban J connectivity index is 1.52. The first-order chi connectivity index (χ1) is 27.7. The van der Waals surface area contributed by atoms with Gasteiger partial charge >= 0.3 is 0 Å². The second-order valence-electron chi connectivity index (χ2n) is 14.4. The molecule has 0 N–H and O–H groups in total. The first-order valence-electron chi connectivity index (χ1n) is 17.5. The first-order valence-corrected chi connectivity index (χ1v) is 17.5. The number of furan rings is 1. The molecule has 8 aromatic rings. The Labute approximate surface area is 369 Å². The van der Waals surface area contributed by atoms with Gasteiger partial charge in [0.15, 0.2) is 0 Å². The Morgan fingerprint density at radius 2 is 0.458 bits per heavy atom. The van der Waals surface area contributed by atoms with Crippen molar-refractivity contribution in [2.75, 3.05) is 0 Å². The average Bonchev–Trinajstić information content (AvgIpc) is 3.64. The summed E-state index contributed by atoms with van der Waals surface area (Å²) in [5.74, 6) is 0. The zero-order chi connectivity index (χ0) is 43.2. The minimum Gasteiger partial charge on any atom is -0.457 e. The molecule has 1 aromatic heterocycles. The molecule has 0 aliphatic carbocycles. The molecule has 1 nitrogen and oxygen atoms in total. The summed E-state index contributed by atoms with van der Waals surface area (Å²) in [4.78, 5) is 0. The van der Waals surface area contributed by atoms with E-state index in [1.807, 2.05) is 0 Å². The predicted octanol–water partition coefficient (Wildman–Crippen LogP) is -13.2. The molecule has 0 aliphatic heterocycles. The van der Waals surface area contributed by atoms with Gasteiger partial charge in [-0.25, -0.2) is 0 Å². The van der Waals surface area contributed by atoms with Gasteiger partial charge in [-0.1, -0.05) is 84.4 Å². The van der Waals surface area contributed by atoms with Crippen LogP contribution in [0.2, 0.25) is 0 Å². The van der Waals surface area contributed by atoms with Gasteiger partial charge in [0, 0.05) is 10.8 Å². The highest BCUT2D eigenvalue weighted by molar-refractivity contribution is 6.74. The smallest absolute Gasteiger partial charge is 0.127 e. The van der Waals surface area contributed by atoms with E-state index >= 15 is 0 Å². The van der Waals surface area contributed by atoms with Crippen LogP contribution < -0.4 is 109 Å². The Bertz CT molecular complexity index is 3150. The summed E-state index contributed by atoms with van der Waals surface area (Å²) in [6.07, 6.45) is 0. The average molecular weight is 693 g/mol. The summed E-state index contributed by atoms with van der Waals surface area (Å²) in [5, 5.41) is 1.63. The van der Waals surface area contributed by atoms with Gasteiger partial charge in [-0.15, -0.1) is 49.2 Å². The predicted molar refractivity (Wildman–Crippen MR) is 273 cm³/mol. The van der Waals surface area contributed by atoms with E-state index in [4.69, 9.17) is 161 Å². The van der Waals surface area contributed by atoms with E-state index in [1.165, 1.54) is 0 Å². The van der Waals surface area contributed by atoms with E-state index in [-0.39, 0.29) is 153 Å². The third kappa shape index (κ3) is 5.60. The fourth-order valence-electron chi connectivity index (χ4n) is 8.12. The van der Waals surface area contributed by atoms with Crippen LogP contribution in [-0.4, -0.2) is 157 Å². The molecule has 59 heavy (non-hydrogen) atoms. The minimum absolute atomic E-state index is 0.0124. The number of rotatable bonds is 3. The molecule has 0 bridgehead atoms. The standard InChI is InChI=1S/C38H4B20O/c39-17-8(18(40)35(57)37-15(17)16-25(47)32(54)34(56)36(58)38(16)59-37)6-3-1-5(2-4-6)7-10-12(21(43)28(50)26(48)19(10)41)9(13-11(7)20(42)27(49)29(51)22(13)44)14-23(45)30(52)33(55)31(53)24(14)46/h1-4H. The third-order valence-electron chi connectivity index (χ3n) is 11.4. The summed E-state index contributed by atoms with van der Waals surface area (Å²) >= 11 is 0. The molecular formula is C38H4B20O. The van der Waals surface area contributed by atoms with Crippen molar-refractivity contribution in [1.29, 1.82) is 0 Å². The van der Waals surface area contributed by atoms with Crippen LogP contribution in [0.15, 0.2) is 28.7 Å². The quantitative estimate of drug-likeness (QED) is 0.133. The van der Waals surface area contributed by atoms with Crippen molar-refractivity contribution in [2.45, 2.75) is 0 Å². The molecule has 40 radical (unpaired) electrons. The van der Waals surface area contributed by atoms with Crippen LogP contribution >= 0.6 is 0 Å². The zero-order valence-electron chi connectivity index (χ0n) is 31.3. The van der Waals surface area contributed by atoms with Gasteiger partial charge in [0.1, 0.15) is 168 Å². The van der Waals surface area contributed by atoms with Crippen molar-refractivity contribution in [1.82, 2.24) is 0 Å². The third-order valence-corrected chi connectivity index (χ3v) is 11.4. The number of benzene rings is 7. The van der Waals surface area contributed by atoms with Crippen LogP contribution in [0.25, 0.3) is 76.9 Å². The van der Waals surface area contributed by atoms with E-state index in [9.17, 15) is 0 Å². The minimum atomic E-state index is -0.0582. The van der Waals surface area contributed by atoms with Gasteiger partial charge in [0.2, 0.25) is 0 Å². The number of hydrogen-bond acceptors (Lipinski definition) is 1. The number of fused-ring (bicyclic) bond motifs is 5. The fourth-order valence-corrected chi connectivity index (χ4v) is 8.12. The lowest BCUT2D eigenvalue weighted by Gasteiger charge is -2.31. The molecule has 0 spiro atoms. The summed E-state index contributed by atoms with van der Waals surface area (Å²) < 4.78 is 6.05. The highest BCUT2D eigenvalue weighted by atomic mass is 16.3. The van der Waals surface area contributed by atoms with Crippen LogP contribution in [0.3, 0.4) is 0 Å². The Morgan fingerprint density at radius 3 is 0.864 bits per heavy atom. The van der Waals surface area contributed by atoms with Gasteiger partial charge in [-0.3, -0.25) is 0 Å². The van der Waals surface area contributed by atoms with Crippen molar-refractivity contribution in [2.24, 2.45) is 0 Å². The normalized spacial score (nSPS) is 11.7. The lowest BCUT2D eigenvalue weighted by Crippen LogP contribution is -2.55. The molecule has 222 valence electrons. The van der Waals surface area contributed by atoms with E-state index in [0.717, 1.165) is 0 Å². The van der Waals surface area contributed by atoms with Crippen molar-refractivity contribution in [3.63, 3.8) is 0 Å². The Hall–Kier alpha value is -3.84. The second kappa shape index (κ2) is 14.4. The zero-order valence-corrected chi connectivity index (χ0v) is 31.3. The molecule has 7 aromatic carbocycles. The van der Waals surface area contributed by atoms with Crippen molar-refractivity contribution < 1.29 is 4.42 Å². The molecule has 0 fully saturated rings. The van der Waals surface area contributed by atoms with Gasteiger partial charge in [0.05, 0.1) is 0 Å². The summed E-state index contributed by atoms with van der Waals surface area (Å²) in [7, 11) is 131.